The molecular formula is C38H67N3O6. The van der Waals surface area contributed by atoms with Crippen LogP contribution < -0.4 is 5.32 Å². The molecule has 9 nitrogen and oxygen atoms in total. The van der Waals surface area contributed by atoms with Crippen LogP contribution in [-0.2, 0) is 23.9 Å². The second-order valence-corrected chi connectivity index (χ2v) is 14.7. The Morgan fingerprint density at radius 2 is 1.70 bits per heavy atom. The number of aliphatic hydroxyl groups is 1. The highest BCUT2D eigenvalue weighted by molar-refractivity contribution is 5.81. The Morgan fingerprint density at radius 1 is 1.06 bits per heavy atom. The lowest BCUT2D eigenvalue weighted by Crippen LogP contribution is -2.54. The van der Waals surface area contributed by atoms with Gasteiger partial charge in [0.05, 0.1) is 48.8 Å². The number of hydrogen-bond donors (Lipinski definition) is 2. The van der Waals surface area contributed by atoms with Crippen molar-refractivity contribution in [3.8, 4) is 0 Å². The lowest BCUT2D eigenvalue weighted by molar-refractivity contribution is -0.146. The van der Waals surface area contributed by atoms with Gasteiger partial charge in [-0.05, 0) is 56.4 Å². The number of ether oxygens (including phenoxy) is 2. The van der Waals surface area contributed by atoms with Gasteiger partial charge in [-0.3, -0.25) is 14.4 Å². The van der Waals surface area contributed by atoms with Crippen LogP contribution in [0.2, 0.25) is 0 Å². The normalized spacial score (nSPS) is 24.7. The van der Waals surface area contributed by atoms with Crippen LogP contribution in [0.15, 0.2) is 22.8 Å². The van der Waals surface area contributed by atoms with E-state index >= 15 is 0 Å². The number of hydrogen-bond acceptors (Lipinski definition) is 6. The minimum Gasteiger partial charge on any atom is -0.387 e. The van der Waals surface area contributed by atoms with Gasteiger partial charge in [0, 0.05) is 40.2 Å². The molecular weight excluding hydrogens is 594 g/mol. The highest BCUT2D eigenvalue weighted by Gasteiger charge is 2.42. The zero-order valence-electron chi connectivity index (χ0n) is 31.8. The number of rotatable bonds is 17. The fraction of sp³-hybridized carbons (Fsp3) is 0.816. The van der Waals surface area contributed by atoms with Crippen LogP contribution in [0.4, 0.5) is 0 Å². The molecule has 0 radical (unpaired) electrons. The van der Waals surface area contributed by atoms with Crippen LogP contribution in [0.3, 0.4) is 0 Å². The molecule has 9 heteroatoms. The van der Waals surface area contributed by atoms with Gasteiger partial charge in [0.2, 0.25) is 17.7 Å². The minimum absolute atomic E-state index is 0.0543. The first-order valence-electron chi connectivity index (χ1n) is 18.1. The number of aliphatic hydroxyl groups excluding tert-OH is 1. The smallest absolute Gasteiger partial charge is 0.225 e. The van der Waals surface area contributed by atoms with Crippen LogP contribution in [0.5, 0.6) is 0 Å². The maximum absolute atomic E-state index is 13.9. The molecule has 0 aromatic rings. The number of carbonyl (C=O) groups excluding carboxylic acids is 3. The van der Waals surface area contributed by atoms with Crippen molar-refractivity contribution < 1.29 is 29.0 Å². The highest BCUT2D eigenvalue weighted by Crippen LogP contribution is 2.37. The highest BCUT2D eigenvalue weighted by atomic mass is 16.5. The first kappa shape index (κ1) is 40.9. The summed E-state index contributed by atoms with van der Waals surface area (Å²) in [4.78, 5) is 44.3. The second-order valence-electron chi connectivity index (χ2n) is 14.7. The minimum atomic E-state index is -0.807. The summed E-state index contributed by atoms with van der Waals surface area (Å²) in [5.41, 5.74) is 3.67. The molecule has 10 atom stereocenters. The van der Waals surface area contributed by atoms with E-state index in [4.69, 9.17) is 9.47 Å². The molecule has 0 saturated carbocycles. The zero-order chi connectivity index (χ0) is 35.7. The molecule has 1 fully saturated rings. The summed E-state index contributed by atoms with van der Waals surface area (Å²) < 4.78 is 11.9. The number of likely N-dealkylation sites (tertiary alicyclic amines) is 1. The molecule has 1 saturated heterocycles. The molecule has 0 aromatic carbocycles. The Kier molecular flexibility index (Phi) is 16.1. The van der Waals surface area contributed by atoms with E-state index in [-0.39, 0.29) is 59.9 Å². The lowest BCUT2D eigenvalue weighted by Gasteiger charge is -2.39. The lowest BCUT2D eigenvalue weighted by atomic mass is 9.75. The quantitative estimate of drug-likeness (QED) is 0.192. The van der Waals surface area contributed by atoms with Gasteiger partial charge in [-0.1, -0.05) is 79.0 Å². The van der Waals surface area contributed by atoms with Crippen molar-refractivity contribution in [1.29, 1.82) is 0 Å². The third-order valence-electron chi connectivity index (χ3n) is 11.1. The molecule has 270 valence electrons. The molecule has 0 bridgehead atoms. The molecule has 0 spiro atoms. The van der Waals surface area contributed by atoms with E-state index in [9.17, 15) is 19.5 Å². The van der Waals surface area contributed by atoms with E-state index < -0.39 is 30.3 Å². The predicted octanol–water partition coefficient (Wildman–Crippen LogP) is 5.76. The molecule has 2 aliphatic rings. The van der Waals surface area contributed by atoms with E-state index in [1.807, 2.05) is 39.6 Å². The number of methoxy groups -OCH3 is 2. The molecule has 2 rings (SSSR count). The Morgan fingerprint density at radius 3 is 2.23 bits per heavy atom. The Hall–Kier alpha value is -2.23. The molecule has 1 aliphatic heterocycles. The van der Waals surface area contributed by atoms with Crippen molar-refractivity contribution in [3.63, 3.8) is 0 Å². The van der Waals surface area contributed by atoms with E-state index in [0.29, 0.717) is 13.0 Å². The van der Waals surface area contributed by atoms with Crippen LogP contribution in [0.1, 0.15) is 108 Å². The number of nitrogens with one attached hydrogen (secondary N) is 1. The molecule has 1 aliphatic carbocycles. The molecule has 2 N–H and O–H groups in total. The molecule has 47 heavy (non-hydrogen) atoms. The van der Waals surface area contributed by atoms with Crippen molar-refractivity contribution >= 4 is 17.7 Å². The third kappa shape index (κ3) is 9.91. The molecule has 3 unspecified atom stereocenters. The number of allylic oxidation sites excluding steroid dienone is 3. The Balaban J connectivity index is 2.17. The zero-order valence-corrected chi connectivity index (χ0v) is 31.8. The summed E-state index contributed by atoms with van der Waals surface area (Å²) in [7, 11) is 5.03. The van der Waals surface area contributed by atoms with Crippen LogP contribution in [0.25, 0.3) is 0 Å². The second kappa shape index (κ2) is 18.5. The summed E-state index contributed by atoms with van der Waals surface area (Å²) in [6, 6.07) is -0.998. The van der Waals surface area contributed by atoms with Crippen molar-refractivity contribution in [2.24, 2.45) is 29.6 Å². The molecule has 3 amide bonds. The van der Waals surface area contributed by atoms with E-state index in [1.54, 1.807) is 19.1 Å². The van der Waals surface area contributed by atoms with Gasteiger partial charge in [-0.2, -0.15) is 0 Å². The van der Waals surface area contributed by atoms with Crippen molar-refractivity contribution in [2.45, 2.75) is 144 Å². The summed E-state index contributed by atoms with van der Waals surface area (Å²) >= 11 is 0. The fourth-order valence-electron chi connectivity index (χ4n) is 7.88. The SMILES string of the molecule is CCC1=C(C)C(C)C=C([C@H](O)C(C)NC(=O)[C@H](C)[C@@H](OC)[C@@H]2CCCN2C(=O)C[C@@H](OC)[C@H]([C@@H](C)CC)N(C)C(=O)CC(C)C)C1C. The first-order valence-corrected chi connectivity index (χ1v) is 18.1. The first-order chi connectivity index (χ1) is 22.0. The van der Waals surface area contributed by atoms with Gasteiger partial charge in [-0.25, -0.2) is 0 Å². The fourth-order valence-corrected chi connectivity index (χ4v) is 7.88. The topological polar surface area (TPSA) is 108 Å². The average molecular weight is 662 g/mol. The van der Waals surface area contributed by atoms with Crippen molar-refractivity contribution in [2.75, 3.05) is 27.8 Å². The van der Waals surface area contributed by atoms with Gasteiger partial charge >= 0.3 is 0 Å². The van der Waals surface area contributed by atoms with Crippen molar-refractivity contribution in [3.05, 3.63) is 22.8 Å². The average Bonchev–Trinajstić information content (AvgIpc) is 3.51. The summed E-state index contributed by atoms with van der Waals surface area (Å²) in [5, 5.41) is 14.4. The largest absolute Gasteiger partial charge is 0.387 e. The Labute approximate surface area is 285 Å². The number of carbonyl (C=O) groups is 3. The van der Waals surface area contributed by atoms with E-state index in [1.165, 1.54) is 11.1 Å². The number of nitrogens with zero attached hydrogens (tertiary/aromatic N) is 2. The van der Waals surface area contributed by atoms with Gasteiger partial charge in [0.15, 0.2) is 0 Å². The summed E-state index contributed by atoms with van der Waals surface area (Å²) in [5.74, 6) is -0.0220. The monoisotopic (exact) mass is 662 g/mol. The Bertz CT molecular complexity index is 1120. The summed E-state index contributed by atoms with van der Waals surface area (Å²) in [6.45, 7) is 21.1. The van der Waals surface area contributed by atoms with Gasteiger partial charge in [0.25, 0.3) is 0 Å². The number of likely N-dealkylation sites (N-methyl/N-ethyl adjacent to an activating group) is 1. The standard InChI is InChI=1S/C38H67N3O6/c1-14-23(5)35(40(11)33(42)19-22(3)4)32(46-12)21-34(43)41-18-16-17-31(41)37(47-13)27(9)38(45)39-28(10)36(44)30-20-24(6)25(7)29(15-2)26(30)8/h20,22-24,26-28,31-32,35-37,44H,14-19,21H2,1-13H3,(H,39,45)/t23-,24?,26?,27+,28?,31-,32+,35-,36+,37+/m0/s1. The predicted molar refractivity (Wildman–Crippen MR) is 189 cm³/mol. The molecule has 0 aromatic heterocycles. The maximum atomic E-state index is 13.9. The van der Waals surface area contributed by atoms with Gasteiger partial charge < -0.3 is 29.7 Å². The van der Waals surface area contributed by atoms with E-state index in [2.05, 4.69) is 52.9 Å². The maximum Gasteiger partial charge on any atom is 0.225 e. The van der Waals surface area contributed by atoms with Gasteiger partial charge in [0.1, 0.15) is 0 Å². The van der Waals surface area contributed by atoms with E-state index in [0.717, 1.165) is 31.3 Å². The number of amides is 3. The van der Waals surface area contributed by atoms with Crippen molar-refractivity contribution in [1.82, 2.24) is 15.1 Å². The van der Waals surface area contributed by atoms with Crippen LogP contribution in [-0.4, -0.2) is 96.9 Å². The van der Waals surface area contributed by atoms with Gasteiger partial charge in [-0.15, -0.1) is 0 Å². The summed E-state index contributed by atoms with van der Waals surface area (Å²) in [6.07, 6.45) is 4.27. The molecule has 1 heterocycles. The van der Waals surface area contributed by atoms with Crippen LogP contribution in [0, 0.1) is 29.6 Å². The van der Waals surface area contributed by atoms with Crippen LogP contribution >= 0.6 is 0 Å². The third-order valence-corrected chi connectivity index (χ3v) is 11.1.